The molecule has 3 heterocycles. The molecule has 0 radical (unpaired) electrons. The molecule has 1 aliphatic carbocycles. The Morgan fingerprint density at radius 3 is 2.76 bits per heavy atom. The van der Waals surface area contributed by atoms with E-state index in [9.17, 15) is 14.4 Å². The number of carbonyl (C=O) groups is 1. The molecule has 1 aliphatic heterocycles. The second-order valence-corrected chi connectivity index (χ2v) is 9.61. The van der Waals surface area contributed by atoms with Crippen molar-refractivity contribution in [2.45, 2.75) is 51.2 Å². The van der Waals surface area contributed by atoms with Crippen LogP contribution in [0.5, 0.6) is 0 Å². The summed E-state index contributed by atoms with van der Waals surface area (Å²) in [4.78, 5) is 46.1. The molecule has 0 bridgehead atoms. The Labute approximate surface area is 195 Å². The van der Waals surface area contributed by atoms with Gasteiger partial charge in [0.25, 0.3) is 5.56 Å². The Bertz CT molecular complexity index is 1330. The van der Waals surface area contributed by atoms with Gasteiger partial charge in [0, 0.05) is 19.6 Å². The van der Waals surface area contributed by atoms with Crippen LogP contribution in [-0.2, 0) is 24.3 Å². The highest BCUT2D eigenvalue weighted by Crippen LogP contribution is 2.31. The van der Waals surface area contributed by atoms with Crippen LogP contribution in [0.1, 0.15) is 42.9 Å². The fourth-order valence-corrected chi connectivity index (χ4v) is 5.88. The van der Waals surface area contributed by atoms with Gasteiger partial charge in [-0.05, 0) is 43.2 Å². The van der Waals surface area contributed by atoms with Crippen LogP contribution in [0, 0.1) is 0 Å². The predicted molar refractivity (Wildman–Crippen MR) is 130 cm³/mol. The number of rotatable bonds is 6. The molecule has 1 saturated heterocycles. The van der Waals surface area contributed by atoms with Crippen LogP contribution >= 0.6 is 11.3 Å². The molecule has 0 saturated carbocycles. The minimum absolute atomic E-state index is 0.0710. The minimum atomic E-state index is -0.537. The fraction of sp³-hybridized carbons (Fsp3) is 0.417. The molecule has 1 amide bonds. The van der Waals surface area contributed by atoms with E-state index < -0.39 is 5.69 Å². The number of benzene rings is 1. The summed E-state index contributed by atoms with van der Waals surface area (Å²) in [5.74, 6) is -0.267. The van der Waals surface area contributed by atoms with E-state index in [1.807, 2.05) is 18.2 Å². The monoisotopic (exact) mass is 465 g/mol. The zero-order valence-electron chi connectivity index (χ0n) is 18.5. The topological polar surface area (TPSA) is 89.2 Å². The minimum Gasteiger partial charge on any atom is -0.348 e. The zero-order chi connectivity index (χ0) is 22.9. The number of piperidine rings is 1. The molecular formula is C24H27N5O3S. The first-order valence-corrected chi connectivity index (χ1v) is 12.3. The van der Waals surface area contributed by atoms with Crippen LogP contribution in [0.2, 0.25) is 0 Å². The zero-order valence-corrected chi connectivity index (χ0v) is 19.3. The highest BCUT2D eigenvalue weighted by Gasteiger charge is 2.26. The lowest BCUT2D eigenvalue weighted by molar-refractivity contribution is -0.122. The summed E-state index contributed by atoms with van der Waals surface area (Å²) in [5.41, 5.74) is 1.74. The number of nitrogens with one attached hydrogen (secondary N) is 1. The van der Waals surface area contributed by atoms with Crippen LogP contribution in [0.25, 0.3) is 10.3 Å². The van der Waals surface area contributed by atoms with Gasteiger partial charge in [-0.2, -0.15) is 0 Å². The van der Waals surface area contributed by atoms with Crippen LogP contribution in [0.3, 0.4) is 0 Å². The number of nitrogens with zero attached hydrogens (tertiary/aromatic N) is 4. The van der Waals surface area contributed by atoms with Gasteiger partial charge in [0.2, 0.25) is 5.91 Å². The Hall–Kier alpha value is -3.20. The van der Waals surface area contributed by atoms with E-state index in [0.29, 0.717) is 4.70 Å². The lowest BCUT2D eigenvalue weighted by Gasteiger charge is -2.25. The number of aryl methyl sites for hydroxylation is 1. The van der Waals surface area contributed by atoms with Gasteiger partial charge in [-0.3, -0.25) is 18.7 Å². The van der Waals surface area contributed by atoms with Crippen molar-refractivity contribution in [2.75, 3.05) is 18.0 Å². The summed E-state index contributed by atoms with van der Waals surface area (Å²) < 4.78 is 2.86. The van der Waals surface area contributed by atoms with Crippen molar-refractivity contribution in [3.05, 3.63) is 68.9 Å². The predicted octanol–water partition coefficient (Wildman–Crippen LogP) is 2.60. The van der Waals surface area contributed by atoms with Gasteiger partial charge in [-0.1, -0.05) is 41.7 Å². The average molecular weight is 466 g/mol. The van der Waals surface area contributed by atoms with E-state index in [1.165, 1.54) is 34.0 Å². The van der Waals surface area contributed by atoms with Crippen molar-refractivity contribution in [3.63, 3.8) is 0 Å². The number of allylic oxidation sites excluding steroid dienone is 1. The maximum Gasteiger partial charge on any atom is 0.333 e. The van der Waals surface area contributed by atoms with Crippen LogP contribution in [0.15, 0.2) is 46.5 Å². The second kappa shape index (κ2) is 8.97. The number of thiazole rings is 1. The first-order chi connectivity index (χ1) is 16.1. The van der Waals surface area contributed by atoms with Gasteiger partial charge >= 0.3 is 5.69 Å². The average Bonchev–Trinajstić information content (AvgIpc) is 3.45. The first-order valence-electron chi connectivity index (χ1n) is 11.4. The van der Waals surface area contributed by atoms with Crippen molar-refractivity contribution in [1.82, 2.24) is 19.4 Å². The van der Waals surface area contributed by atoms with Gasteiger partial charge in [-0.25, -0.2) is 9.78 Å². The molecule has 33 heavy (non-hydrogen) atoms. The number of anilines is 1. The number of hydrogen-bond acceptors (Lipinski definition) is 6. The molecule has 2 aliphatic rings. The molecule has 1 atom stereocenters. The number of fused-ring (bicyclic) bond motifs is 2. The van der Waals surface area contributed by atoms with Crippen LogP contribution in [-0.4, -0.2) is 33.1 Å². The molecule has 8 nitrogen and oxygen atoms in total. The standard InChI is InChI=1S/C24H27N5O3S/c1-2-12-28-22(31)20-21(26-23(33-20)27-13-6-3-7-14-27)29(24(28)32)15-19(30)25-18-11-10-16-8-4-5-9-17(16)18/h2,4-5,8-9,18H,1,3,6-7,10-15H2,(H,25,30)/t18-/m1/s1. The number of hydrogen-bond donors (Lipinski definition) is 1. The van der Waals surface area contributed by atoms with Gasteiger partial charge in [0.15, 0.2) is 10.8 Å². The molecule has 1 N–H and O–H groups in total. The second-order valence-electron chi connectivity index (χ2n) is 8.63. The van der Waals surface area contributed by atoms with Crippen molar-refractivity contribution >= 4 is 32.7 Å². The van der Waals surface area contributed by atoms with Crippen molar-refractivity contribution in [2.24, 2.45) is 0 Å². The third kappa shape index (κ3) is 4.01. The first kappa shape index (κ1) is 21.6. The summed E-state index contributed by atoms with van der Waals surface area (Å²) >= 11 is 1.30. The Morgan fingerprint density at radius 1 is 1.18 bits per heavy atom. The summed E-state index contributed by atoms with van der Waals surface area (Å²) in [6, 6.07) is 8.02. The molecule has 1 fully saturated rings. The summed E-state index contributed by atoms with van der Waals surface area (Å²) in [7, 11) is 0. The lowest BCUT2D eigenvalue weighted by Crippen LogP contribution is -2.42. The van der Waals surface area contributed by atoms with Crippen molar-refractivity contribution in [1.29, 1.82) is 0 Å². The molecular weight excluding hydrogens is 438 g/mol. The highest BCUT2D eigenvalue weighted by molar-refractivity contribution is 7.22. The van der Waals surface area contributed by atoms with E-state index in [2.05, 4.69) is 27.8 Å². The summed E-state index contributed by atoms with van der Waals surface area (Å²) in [6.45, 7) is 5.33. The molecule has 172 valence electrons. The third-order valence-corrected chi connectivity index (χ3v) is 7.56. The molecule has 5 rings (SSSR count). The van der Waals surface area contributed by atoms with Crippen molar-refractivity contribution in [3.8, 4) is 0 Å². The Morgan fingerprint density at radius 2 is 1.97 bits per heavy atom. The van der Waals surface area contributed by atoms with Gasteiger partial charge in [0.1, 0.15) is 11.2 Å². The molecule has 0 unspecified atom stereocenters. The van der Waals surface area contributed by atoms with E-state index in [4.69, 9.17) is 0 Å². The number of carbonyl (C=O) groups excluding carboxylic acids is 1. The maximum absolute atomic E-state index is 13.2. The molecule has 1 aromatic carbocycles. The normalized spacial score (nSPS) is 17.8. The smallest absolute Gasteiger partial charge is 0.333 e. The Balaban J connectivity index is 1.50. The van der Waals surface area contributed by atoms with Crippen molar-refractivity contribution < 1.29 is 4.79 Å². The SMILES string of the molecule is C=CCn1c(=O)c2sc(N3CCCCC3)nc2n(CC(=O)N[C@@H]2CCc3ccccc32)c1=O. The third-order valence-electron chi connectivity index (χ3n) is 6.46. The lowest BCUT2D eigenvalue weighted by atomic mass is 10.1. The summed E-state index contributed by atoms with van der Waals surface area (Å²) in [5, 5.41) is 3.80. The van der Waals surface area contributed by atoms with E-state index in [-0.39, 0.29) is 36.2 Å². The molecule has 9 heteroatoms. The van der Waals surface area contributed by atoms with Crippen LogP contribution in [0.4, 0.5) is 5.13 Å². The highest BCUT2D eigenvalue weighted by atomic mass is 32.1. The number of aromatic nitrogens is 3. The summed E-state index contributed by atoms with van der Waals surface area (Å²) in [6.07, 6.45) is 6.61. The molecule has 2 aromatic heterocycles. The van der Waals surface area contributed by atoms with Gasteiger partial charge in [-0.15, -0.1) is 6.58 Å². The number of amides is 1. The van der Waals surface area contributed by atoms with E-state index in [1.54, 1.807) is 0 Å². The fourth-order valence-electron chi connectivity index (χ4n) is 4.81. The quantitative estimate of drug-likeness (QED) is 0.566. The van der Waals surface area contributed by atoms with E-state index >= 15 is 0 Å². The van der Waals surface area contributed by atoms with Gasteiger partial charge < -0.3 is 10.2 Å². The van der Waals surface area contributed by atoms with Gasteiger partial charge in [0.05, 0.1) is 6.04 Å². The van der Waals surface area contributed by atoms with Crippen LogP contribution < -0.4 is 21.5 Å². The maximum atomic E-state index is 13.2. The molecule has 0 spiro atoms. The Kier molecular flexibility index (Phi) is 5.88. The largest absolute Gasteiger partial charge is 0.348 e. The molecule has 3 aromatic rings. The van der Waals surface area contributed by atoms with E-state index in [0.717, 1.165) is 54.0 Å².